The summed E-state index contributed by atoms with van der Waals surface area (Å²) < 4.78 is 0. The lowest BCUT2D eigenvalue weighted by atomic mass is 10.0. The fourth-order valence-corrected chi connectivity index (χ4v) is 1.12. The van der Waals surface area contributed by atoms with E-state index in [9.17, 15) is 0 Å². The molecule has 0 saturated heterocycles. The van der Waals surface area contributed by atoms with Crippen LogP contribution in [0.3, 0.4) is 0 Å². The Bertz CT molecular complexity index is 267. The van der Waals surface area contributed by atoms with Crippen LogP contribution in [0.5, 0.6) is 0 Å². The Morgan fingerprint density at radius 3 is 2.75 bits per heavy atom. The molecule has 0 heterocycles. The second-order valence-electron chi connectivity index (χ2n) is 3.07. The van der Waals surface area contributed by atoms with Gasteiger partial charge in [-0.2, -0.15) is 0 Å². The van der Waals surface area contributed by atoms with Crippen molar-refractivity contribution in [2.24, 2.45) is 0 Å². The summed E-state index contributed by atoms with van der Waals surface area (Å²) in [6.07, 6.45) is 10.4. The highest BCUT2D eigenvalue weighted by Gasteiger charge is 2.01. The van der Waals surface area contributed by atoms with E-state index in [0.29, 0.717) is 5.71 Å². The standard InChI is InChI=1S/C11H15N/c1-3-4-5-10-6-7-11(12)9(2)8-10/h5-8,12H,3-4H2,1-2H3. The first-order valence-corrected chi connectivity index (χ1v) is 4.39. The molecule has 0 unspecified atom stereocenters. The number of hydrogen-bond acceptors (Lipinski definition) is 1. The van der Waals surface area contributed by atoms with Crippen molar-refractivity contribution < 1.29 is 0 Å². The molecule has 1 N–H and O–H groups in total. The van der Waals surface area contributed by atoms with E-state index in [-0.39, 0.29) is 0 Å². The van der Waals surface area contributed by atoms with Crippen LogP contribution in [0, 0.1) is 5.41 Å². The van der Waals surface area contributed by atoms with Crippen molar-refractivity contribution in [3.63, 3.8) is 0 Å². The van der Waals surface area contributed by atoms with Crippen LogP contribution in [-0.4, -0.2) is 5.71 Å². The maximum Gasteiger partial charge on any atom is 0.0569 e. The molecule has 1 nitrogen and oxygen atoms in total. The summed E-state index contributed by atoms with van der Waals surface area (Å²) in [5, 5.41) is 7.48. The molecule has 0 amide bonds. The number of rotatable bonds is 2. The van der Waals surface area contributed by atoms with Gasteiger partial charge in [0.1, 0.15) is 0 Å². The molecule has 1 aliphatic carbocycles. The highest BCUT2D eigenvalue weighted by Crippen LogP contribution is 2.13. The largest absolute Gasteiger partial charge is 0.301 e. The monoisotopic (exact) mass is 161 g/mol. The molecule has 0 atom stereocenters. The van der Waals surface area contributed by atoms with E-state index >= 15 is 0 Å². The lowest BCUT2D eigenvalue weighted by Crippen LogP contribution is -1.98. The quantitative estimate of drug-likeness (QED) is 0.642. The second-order valence-corrected chi connectivity index (χ2v) is 3.07. The van der Waals surface area contributed by atoms with Crippen molar-refractivity contribution in [1.29, 1.82) is 5.41 Å². The molecule has 1 heteroatoms. The van der Waals surface area contributed by atoms with Crippen LogP contribution in [-0.2, 0) is 0 Å². The molecule has 0 spiro atoms. The Morgan fingerprint density at radius 1 is 1.42 bits per heavy atom. The minimum absolute atomic E-state index is 0.628. The van der Waals surface area contributed by atoms with Crippen LogP contribution in [0.1, 0.15) is 26.7 Å². The van der Waals surface area contributed by atoms with E-state index in [4.69, 9.17) is 5.41 Å². The van der Waals surface area contributed by atoms with Crippen LogP contribution in [0.25, 0.3) is 0 Å². The molecule has 0 aromatic heterocycles. The van der Waals surface area contributed by atoms with Crippen molar-refractivity contribution >= 4 is 5.71 Å². The summed E-state index contributed by atoms with van der Waals surface area (Å²) in [5.74, 6) is 0. The van der Waals surface area contributed by atoms with Gasteiger partial charge in [0.15, 0.2) is 0 Å². The highest BCUT2D eigenvalue weighted by atomic mass is 14.4. The second kappa shape index (κ2) is 4.05. The van der Waals surface area contributed by atoms with Gasteiger partial charge in [0.25, 0.3) is 0 Å². The summed E-state index contributed by atoms with van der Waals surface area (Å²) in [4.78, 5) is 0. The zero-order chi connectivity index (χ0) is 8.97. The van der Waals surface area contributed by atoms with Crippen LogP contribution in [0.4, 0.5) is 0 Å². The molecule has 0 bridgehead atoms. The van der Waals surface area contributed by atoms with E-state index in [0.717, 1.165) is 12.0 Å². The first-order valence-electron chi connectivity index (χ1n) is 4.39. The first kappa shape index (κ1) is 8.98. The van der Waals surface area contributed by atoms with Crippen LogP contribution >= 0.6 is 0 Å². The van der Waals surface area contributed by atoms with E-state index in [1.807, 2.05) is 19.1 Å². The van der Waals surface area contributed by atoms with Gasteiger partial charge in [0.05, 0.1) is 5.71 Å². The third-order valence-corrected chi connectivity index (χ3v) is 1.92. The van der Waals surface area contributed by atoms with Gasteiger partial charge in [0.2, 0.25) is 0 Å². The van der Waals surface area contributed by atoms with E-state index in [1.165, 1.54) is 12.0 Å². The zero-order valence-corrected chi connectivity index (χ0v) is 7.72. The Morgan fingerprint density at radius 2 is 2.17 bits per heavy atom. The molecule has 0 fully saturated rings. The number of nitrogens with one attached hydrogen (secondary N) is 1. The van der Waals surface area contributed by atoms with Crippen molar-refractivity contribution in [1.82, 2.24) is 0 Å². The SMILES string of the molecule is CCCC=C1C=CC(=N)C(C)=C1. The third-order valence-electron chi connectivity index (χ3n) is 1.92. The Labute approximate surface area is 74.0 Å². The average molecular weight is 161 g/mol. The summed E-state index contributed by atoms with van der Waals surface area (Å²) >= 11 is 0. The molecule has 0 aliphatic heterocycles. The predicted octanol–water partition coefficient (Wildman–Crippen LogP) is 3.25. The van der Waals surface area contributed by atoms with Crippen LogP contribution < -0.4 is 0 Å². The number of unbranched alkanes of at least 4 members (excludes halogenated alkanes) is 1. The molecule has 12 heavy (non-hydrogen) atoms. The summed E-state index contributed by atoms with van der Waals surface area (Å²) in [6.45, 7) is 4.15. The van der Waals surface area contributed by atoms with Crippen molar-refractivity contribution in [3.05, 3.63) is 35.5 Å². The average Bonchev–Trinajstić information content (AvgIpc) is 2.07. The van der Waals surface area contributed by atoms with Gasteiger partial charge in [-0.15, -0.1) is 0 Å². The van der Waals surface area contributed by atoms with Crippen molar-refractivity contribution in [2.45, 2.75) is 26.7 Å². The minimum atomic E-state index is 0.628. The summed E-state index contributed by atoms with van der Waals surface area (Å²) in [6, 6.07) is 0. The van der Waals surface area contributed by atoms with Gasteiger partial charge in [-0.05, 0) is 30.6 Å². The molecule has 0 aromatic rings. The van der Waals surface area contributed by atoms with Gasteiger partial charge in [-0.25, -0.2) is 0 Å². The Kier molecular flexibility index (Phi) is 3.03. The predicted molar refractivity (Wildman–Crippen MR) is 53.6 cm³/mol. The fraction of sp³-hybridized carbons (Fsp3) is 0.364. The lowest BCUT2D eigenvalue weighted by molar-refractivity contribution is 0.955. The highest BCUT2D eigenvalue weighted by molar-refractivity contribution is 6.07. The number of allylic oxidation sites excluding steroid dienone is 6. The molecular weight excluding hydrogens is 146 g/mol. The number of hydrogen-bond donors (Lipinski definition) is 1. The fourth-order valence-electron chi connectivity index (χ4n) is 1.12. The van der Waals surface area contributed by atoms with Crippen LogP contribution in [0.2, 0.25) is 0 Å². The van der Waals surface area contributed by atoms with E-state index < -0.39 is 0 Å². The van der Waals surface area contributed by atoms with E-state index in [1.54, 1.807) is 0 Å². The van der Waals surface area contributed by atoms with Gasteiger partial charge < -0.3 is 5.41 Å². The maximum absolute atomic E-state index is 7.48. The normalized spacial score (nSPS) is 20.0. The molecule has 64 valence electrons. The summed E-state index contributed by atoms with van der Waals surface area (Å²) in [5.41, 5.74) is 2.92. The first-order chi connectivity index (χ1) is 5.74. The van der Waals surface area contributed by atoms with Crippen molar-refractivity contribution in [2.75, 3.05) is 0 Å². The lowest BCUT2D eigenvalue weighted by Gasteiger charge is -2.06. The third kappa shape index (κ3) is 2.19. The van der Waals surface area contributed by atoms with Gasteiger partial charge >= 0.3 is 0 Å². The maximum atomic E-state index is 7.48. The zero-order valence-electron chi connectivity index (χ0n) is 7.72. The molecule has 0 saturated carbocycles. The topological polar surface area (TPSA) is 23.9 Å². The Hall–Kier alpha value is -1.11. The summed E-state index contributed by atoms with van der Waals surface area (Å²) in [7, 11) is 0. The van der Waals surface area contributed by atoms with Crippen LogP contribution in [0.15, 0.2) is 35.5 Å². The molecule has 1 aliphatic rings. The minimum Gasteiger partial charge on any atom is -0.301 e. The van der Waals surface area contributed by atoms with Crippen molar-refractivity contribution in [3.8, 4) is 0 Å². The smallest absolute Gasteiger partial charge is 0.0569 e. The molecule has 0 radical (unpaired) electrons. The van der Waals surface area contributed by atoms with Gasteiger partial charge in [0, 0.05) is 0 Å². The van der Waals surface area contributed by atoms with Gasteiger partial charge in [-0.1, -0.05) is 31.6 Å². The molecular formula is C11H15N. The van der Waals surface area contributed by atoms with Gasteiger partial charge in [-0.3, -0.25) is 0 Å². The Balaban J connectivity index is 2.72. The molecule has 0 aromatic carbocycles. The molecule has 1 rings (SSSR count). The van der Waals surface area contributed by atoms with E-state index in [2.05, 4.69) is 19.1 Å².